The van der Waals surface area contributed by atoms with Crippen molar-refractivity contribution in [3.05, 3.63) is 28.8 Å². The lowest BCUT2D eigenvalue weighted by Crippen LogP contribution is -2.11. The molecule has 2 nitrogen and oxygen atoms in total. The van der Waals surface area contributed by atoms with Crippen LogP contribution >= 0.6 is 0 Å². The molecule has 1 atom stereocenters. The number of hydrogen-bond donors (Lipinski definition) is 1. The van der Waals surface area contributed by atoms with Gasteiger partial charge in [0.25, 0.3) is 0 Å². The van der Waals surface area contributed by atoms with Crippen LogP contribution in [0.25, 0.3) is 0 Å². The van der Waals surface area contributed by atoms with E-state index in [-0.39, 0.29) is 0 Å². The van der Waals surface area contributed by atoms with Crippen LogP contribution in [0.2, 0.25) is 0 Å². The van der Waals surface area contributed by atoms with Crippen molar-refractivity contribution in [3.8, 4) is 5.75 Å². The highest BCUT2D eigenvalue weighted by Gasteiger charge is 2.33. The predicted molar refractivity (Wildman–Crippen MR) is 71.6 cm³/mol. The van der Waals surface area contributed by atoms with Crippen molar-refractivity contribution in [1.82, 2.24) is 0 Å². The molecule has 0 aromatic heterocycles. The zero-order chi connectivity index (χ0) is 12.4. The minimum Gasteiger partial charge on any atom is -0.496 e. The monoisotopic (exact) mass is 233 g/mol. The Labute approximate surface area is 104 Å². The molecule has 0 spiro atoms. The smallest absolute Gasteiger partial charge is 0.122 e. The van der Waals surface area contributed by atoms with Crippen LogP contribution in [-0.2, 0) is 0 Å². The van der Waals surface area contributed by atoms with Gasteiger partial charge in [-0.2, -0.15) is 0 Å². The summed E-state index contributed by atoms with van der Waals surface area (Å²) < 4.78 is 5.55. The summed E-state index contributed by atoms with van der Waals surface area (Å²) in [6.45, 7) is 5.07. The van der Waals surface area contributed by atoms with E-state index in [0.717, 1.165) is 24.6 Å². The first-order valence-corrected chi connectivity index (χ1v) is 6.52. The van der Waals surface area contributed by atoms with Crippen LogP contribution < -0.4 is 10.5 Å². The van der Waals surface area contributed by atoms with Gasteiger partial charge in [0, 0.05) is 0 Å². The van der Waals surface area contributed by atoms with Gasteiger partial charge in [0.1, 0.15) is 5.75 Å². The maximum atomic E-state index is 5.75. The first kappa shape index (κ1) is 12.4. The van der Waals surface area contributed by atoms with E-state index in [1.165, 1.54) is 29.5 Å². The van der Waals surface area contributed by atoms with Gasteiger partial charge in [-0.3, -0.25) is 0 Å². The largest absolute Gasteiger partial charge is 0.496 e. The van der Waals surface area contributed by atoms with E-state index in [9.17, 15) is 0 Å². The quantitative estimate of drug-likeness (QED) is 0.848. The summed E-state index contributed by atoms with van der Waals surface area (Å²) in [4.78, 5) is 0. The van der Waals surface area contributed by atoms with Crippen molar-refractivity contribution in [2.24, 2.45) is 11.7 Å². The predicted octanol–water partition coefficient (Wildman–Crippen LogP) is 3.15. The Kier molecular flexibility index (Phi) is 3.72. The normalized spacial score (nSPS) is 16.9. The summed E-state index contributed by atoms with van der Waals surface area (Å²) in [5.74, 6) is 2.46. The van der Waals surface area contributed by atoms with Crippen molar-refractivity contribution in [1.29, 1.82) is 0 Å². The van der Waals surface area contributed by atoms with Gasteiger partial charge >= 0.3 is 0 Å². The molecule has 0 aliphatic heterocycles. The number of nitrogens with two attached hydrogens (primary N) is 1. The van der Waals surface area contributed by atoms with Gasteiger partial charge in [-0.05, 0) is 74.2 Å². The Morgan fingerprint density at radius 1 is 1.29 bits per heavy atom. The van der Waals surface area contributed by atoms with E-state index < -0.39 is 0 Å². The average molecular weight is 233 g/mol. The standard InChI is InChI=1S/C15H23NO/c1-10-8-14(15(17-3)9-11(10)2)13(6-7-16)12-4-5-12/h8-9,12-13H,4-7,16H2,1-3H3. The maximum Gasteiger partial charge on any atom is 0.122 e. The zero-order valence-corrected chi connectivity index (χ0v) is 11.1. The molecule has 1 aliphatic carbocycles. The molecule has 2 N–H and O–H groups in total. The zero-order valence-electron chi connectivity index (χ0n) is 11.1. The molecule has 94 valence electrons. The van der Waals surface area contributed by atoms with E-state index in [4.69, 9.17) is 10.5 Å². The summed E-state index contributed by atoms with van der Waals surface area (Å²) >= 11 is 0. The Morgan fingerprint density at radius 2 is 1.94 bits per heavy atom. The number of ether oxygens (including phenoxy) is 1. The van der Waals surface area contributed by atoms with Gasteiger partial charge in [-0.15, -0.1) is 0 Å². The topological polar surface area (TPSA) is 35.2 Å². The second kappa shape index (κ2) is 5.09. The molecular formula is C15H23NO. The van der Waals surface area contributed by atoms with Crippen LogP contribution in [-0.4, -0.2) is 13.7 Å². The van der Waals surface area contributed by atoms with E-state index in [0.29, 0.717) is 5.92 Å². The molecule has 0 bridgehead atoms. The molecule has 1 saturated carbocycles. The van der Waals surface area contributed by atoms with Crippen molar-refractivity contribution in [2.45, 2.75) is 39.0 Å². The van der Waals surface area contributed by atoms with Crippen LogP contribution in [0.4, 0.5) is 0 Å². The highest BCUT2D eigenvalue weighted by atomic mass is 16.5. The molecule has 1 aromatic carbocycles. The van der Waals surface area contributed by atoms with E-state index >= 15 is 0 Å². The fraction of sp³-hybridized carbons (Fsp3) is 0.600. The lowest BCUT2D eigenvalue weighted by atomic mass is 9.88. The average Bonchev–Trinajstić information content (AvgIpc) is 3.13. The number of methoxy groups -OCH3 is 1. The Morgan fingerprint density at radius 3 is 2.47 bits per heavy atom. The third kappa shape index (κ3) is 2.63. The fourth-order valence-electron chi connectivity index (χ4n) is 2.60. The maximum absolute atomic E-state index is 5.75. The third-order valence-electron chi connectivity index (χ3n) is 3.91. The summed E-state index contributed by atoms with van der Waals surface area (Å²) in [5.41, 5.74) is 9.76. The van der Waals surface area contributed by atoms with Crippen molar-refractivity contribution < 1.29 is 4.74 Å². The fourth-order valence-corrected chi connectivity index (χ4v) is 2.60. The second-order valence-electron chi connectivity index (χ2n) is 5.20. The summed E-state index contributed by atoms with van der Waals surface area (Å²) in [6, 6.07) is 4.46. The second-order valence-corrected chi connectivity index (χ2v) is 5.20. The molecule has 2 rings (SSSR count). The summed E-state index contributed by atoms with van der Waals surface area (Å²) in [6.07, 6.45) is 3.77. The van der Waals surface area contributed by atoms with E-state index in [1.807, 2.05) is 0 Å². The number of hydrogen-bond acceptors (Lipinski definition) is 2. The van der Waals surface area contributed by atoms with Gasteiger partial charge in [-0.25, -0.2) is 0 Å². The van der Waals surface area contributed by atoms with Crippen LogP contribution in [0.3, 0.4) is 0 Å². The first-order chi connectivity index (χ1) is 8.17. The Hall–Kier alpha value is -1.02. The highest BCUT2D eigenvalue weighted by molar-refractivity contribution is 5.44. The number of aryl methyl sites for hydroxylation is 2. The van der Waals surface area contributed by atoms with E-state index in [1.54, 1.807) is 7.11 Å². The minimum atomic E-state index is 0.592. The summed E-state index contributed by atoms with van der Waals surface area (Å²) in [7, 11) is 1.76. The molecule has 0 radical (unpaired) electrons. The van der Waals surface area contributed by atoms with Crippen molar-refractivity contribution in [2.75, 3.05) is 13.7 Å². The summed E-state index contributed by atoms with van der Waals surface area (Å²) in [5, 5.41) is 0. The van der Waals surface area contributed by atoms with Crippen LogP contribution in [0, 0.1) is 19.8 Å². The van der Waals surface area contributed by atoms with Gasteiger partial charge in [0.05, 0.1) is 7.11 Å². The van der Waals surface area contributed by atoms with Crippen LogP contribution in [0.15, 0.2) is 12.1 Å². The molecule has 0 saturated heterocycles. The van der Waals surface area contributed by atoms with Gasteiger partial charge in [0.15, 0.2) is 0 Å². The molecule has 0 amide bonds. The highest BCUT2D eigenvalue weighted by Crippen LogP contribution is 2.47. The van der Waals surface area contributed by atoms with Crippen LogP contribution in [0.1, 0.15) is 41.9 Å². The molecular weight excluding hydrogens is 210 g/mol. The van der Waals surface area contributed by atoms with Crippen molar-refractivity contribution >= 4 is 0 Å². The number of rotatable bonds is 5. The lowest BCUT2D eigenvalue weighted by Gasteiger charge is -2.20. The SMILES string of the molecule is COc1cc(C)c(C)cc1C(CCN)C1CC1. The van der Waals surface area contributed by atoms with Gasteiger partial charge in [0.2, 0.25) is 0 Å². The number of benzene rings is 1. The Balaban J connectivity index is 2.36. The molecule has 1 unspecified atom stereocenters. The van der Waals surface area contributed by atoms with Crippen LogP contribution in [0.5, 0.6) is 5.75 Å². The van der Waals surface area contributed by atoms with Crippen molar-refractivity contribution in [3.63, 3.8) is 0 Å². The molecule has 0 heterocycles. The lowest BCUT2D eigenvalue weighted by molar-refractivity contribution is 0.399. The molecule has 17 heavy (non-hydrogen) atoms. The molecule has 2 heteroatoms. The minimum absolute atomic E-state index is 0.592. The Bertz CT molecular complexity index is 396. The third-order valence-corrected chi connectivity index (χ3v) is 3.91. The molecule has 1 aromatic rings. The first-order valence-electron chi connectivity index (χ1n) is 6.52. The van der Waals surface area contributed by atoms with Gasteiger partial charge in [-0.1, -0.05) is 6.07 Å². The molecule has 1 aliphatic rings. The molecule has 1 fully saturated rings. The van der Waals surface area contributed by atoms with E-state index in [2.05, 4.69) is 26.0 Å². The van der Waals surface area contributed by atoms with Gasteiger partial charge < -0.3 is 10.5 Å².